The van der Waals surface area contributed by atoms with Gasteiger partial charge in [0.1, 0.15) is 0 Å². The van der Waals surface area contributed by atoms with Crippen molar-refractivity contribution in [2.75, 3.05) is 11.9 Å². The standard InChI is InChI=1S/C17H18N2O3/c1-11-6-5-9-14(12(11)2)19-15-8-4-3-7-13(15)17(21)22-10-16(18)20/h3-9,19H,10H2,1-2H3,(H2,18,20). The summed E-state index contributed by atoms with van der Waals surface area (Å²) in [7, 11) is 0. The Morgan fingerprint density at radius 2 is 1.73 bits per heavy atom. The fraction of sp³-hybridized carbons (Fsp3) is 0.176. The van der Waals surface area contributed by atoms with Crippen molar-refractivity contribution in [1.29, 1.82) is 0 Å². The lowest BCUT2D eigenvalue weighted by atomic mass is 10.1. The summed E-state index contributed by atoms with van der Waals surface area (Å²) in [5.74, 6) is -1.28. The monoisotopic (exact) mass is 298 g/mol. The smallest absolute Gasteiger partial charge is 0.340 e. The highest BCUT2D eigenvalue weighted by molar-refractivity contribution is 5.97. The van der Waals surface area contributed by atoms with E-state index in [4.69, 9.17) is 10.5 Å². The number of aryl methyl sites for hydroxylation is 1. The number of nitrogens with one attached hydrogen (secondary N) is 1. The first-order chi connectivity index (χ1) is 10.5. The number of primary amides is 1. The molecular weight excluding hydrogens is 280 g/mol. The largest absolute Gasteiger partial charge is 0.452 e. The molecule has 22 heavy (non-hydrogen) atoms. The van der Waals surface area contributed by atoms with Crippen LogP contribution in [-0.2, 0) is 9.53 Å². The molecule has 2 aromatic rings. The third-order valence-electron chi connectivity index (χ3n) is 3.37. The molecule has 5 heteroatoms. The molecule has 0 atom stereocenters. The van der Waals surface area contributed by atoms with E-state index < -0.39 is 18.5 Å². The van der Waals surface area contributed by atoms with Crippen molar-refractivity contribution < 1.29 is 14.3 Å². The van der Waals surface area contributed by atoms with Crippen LogP contribution in [0.4, 0.5) is 11.4 Å². The molecule has 0 heterocycles. The number of para-hydroxylation sites is 1. The highest BCUT2D eigenvalue weighted by Gasteiger charge is 2.14. The van der Waals surface area contributed by atoms with Crippen LogP contribution in [0.5, 0.6) is 0 Å². The number of ether oxygens (including phenoxy) is 1. The van der Waals surface area contributed by atoms with Crippen LogP contribution in [0, 0.1) is 13.8 Å². The number of benzene rings is 2. The Morgan fingerprint density at radius 3 is 2.45 bits per heavy atom. The predicted octanol–water partition coefficient (Wildman–Crippen LogP) is 2.69. The number of anilines is 2. The van der Waals surface area contributed by atoms with Gasteiger partial charge in [-0.2, -0.15) is 0 Å². The van der Waals surface area contributed by atoms with Crippen molar-refractivity contribution >= 4 is 23.3 Å². The highest BCUT2D eigenvalue weighted by Crippen LogP contribution is 2.25. The van der Waals surface area contributed by atoms with Gasteiger partial charge in [0.15, 0.2) is 6.61 Å². The van der Waals surface area contributed by atoms with Gasteiger partial charge in [-0.3, -0.25) is 4.79 Å². The van der Waals surface area contributed by atoms with E-state index in [9.17, 15) is 9.59 Å². The maximum Gasteiger partial charge on any atom is 0.340 e. The van der Waals surface area contributed by atoms with E-state index >= 15 is 0 Å². The minimum absolute atomic E-state index is 0.352. The van der Waals surface area contributed by atoms with Crippen LogP contribution in [0.15, 0.2) is 42.5 Å². The van der Waals surface area contributed by atoms with Gasteiger partial charge in [0.05, 0.1) is 11.3 Å². The van der Waals surface area contributed by atoms with Crippen LogP contribution in [0.3, 0.4) is 0 Å². The van der Waals surface area contributed by atoms with Gasteiger partial charge < -0.3 is 15.8 Å². The average Bonchev–Trinajstić information content (AvgIpc) is 2.50. The Kier molecular flexibility index (Phi) is 4.78. The molecule has 0 bridgehead atoms. The molecule has 2 aromatic carbocycles. The van der Waals surface area contributed by atoms with E-state index in [1.165, 1.54) is 0 Å². The van der Waals surface area contributed by atoms with E-state index in [-0.39, 0.29) is 0 Å². The zero-order valence-corrected chi connectivity index (χ0v) is 12.6. The number of carbonyl (C=O) groups is 2. The average molecular weight is 298 g/mol. The van der Waals surface area contributed by atoms with Crippen molar-refractivity contribution in [1.82, 2.24) is 0 Å². The quantitative estimate of drug-likeness (QED) is 0.832. The summed E-state index contributed by atoms with van der Waals surface area (Å²) in [6, 6.07) is 12.9. The Bertz CT molecular complexity index is 711. The van der Waals surface area contributed by atoms with Gasteiger partial charge in [-0.25, -0.2) is 4.79 Å². The molecule has 0 spiro atoms. The summed E-state index contributed by atoms with van der Waals surface area (Å²) < 4.78 is 4.87. The van der Waals surface area contributed by atoms with Gasteiger partial charge in [0.25, 0.3) is 5.91 Å². The first-order valence-electron chi connectivity index (χ1n) is 6.86. The Balaban J connectivity index is 2.27. The molecule has 0 aromatic heterocycles. The molecule has 0 aliphatic heterocycles. The SMILES string of the molecule is Cc1cccc(Nc2ccccc2C(=O)OCC(N)=O)c1C. The highest BCUT2D eigenvalue weighted by atomic mass is 16.5. The van der Waals surface area contributed by atoms with Crippen LogP contribution >= 0.6 is 0 Å². The number of esters is 1. The number of hydrogen-bond donors (Lipinski definition) is 2. The van der Waals surface area contributed by atoms with Gasteiger partial charge in [-0.15, -0.1) is 0 Å². The number of amides is 1. The molecule has 1 amide bonds. The number of hydrogen-bond acceptors (Lipinski definition) is 4. The van der Waals surface area contributed by atoms with E-state index in [2.05, 4.69) is 5.32 Å². The van der Waals surface area contributed by atoms with Gasteiger partial charge in [0, 0.05) is 5.69 Å². The Labute approximate surface area is 129 Å². The minimum atomic E-state index is -0.687. The molecule has 0 fully saturated rings. The van der Waals surface area contributed by atoms with E-state index in [0.29, 0.717) is 11.3 Å². The molecule has 3 N–H and O–H groups in total. The predicted molar refractivity (Wildman–Crippen MR) is 85.1 cm³/mol. The van der Waals surface area contributed by atoms with Crippen molar-refractivity contribution in [2.24, 2.45) is 5.73 Å². The van der Waals surface area contributed by atoms with Crippen LogP contribution in [-0.4, -0.2) is 18.5 Å². The van der Waals surface area contributed by atoms with Crippen LogP contribution in [0.1, 0.15) is 21.5 Å². The topological polar surface area (TPSA) is 81.4 Å². The maximum absolute atomic E-state index is 12.0. The van der Waals surface area contributed by atoms with Crippen LogP contribution < -0.4 is 11.1 Å². The first kappa shape index (κ1) is 15.6. The zero-order chi connectivity index (χ0) is 16.1. The first-order valence-corrected chi connectivity index (χ1v) is 6.86. The van der Waals surface area contributed by atoms with Gasteiger partial charge >= 0.3 is 5.97 Å². The number of nitrogens with two attached hydrogens (primary N) is 1. The number of carbonyl (C=O) groups excluding carboxylic acids is 2. The Hall–Kier alpha value is -2.82. The lowest BCUT2D eigenvalue weighted by molar-refractivity contribution is -0.121. The second-order valence-corrected chi connectivity index (χ2v) is 4.96. The zero-order valence-electron chi connectivity index (χ0n) is 12.6. The second-order valence-electron chi connectivity index (χ2n) is 4.96. The molecule has 0 aliphatic carbocycles. The van der Waals surface area contributed by atoms with Gasteiger partial charge in [0.2, 0.25) is 0 Å². The molecule has 5 nitrogen and oxygen atoms in total. The van der Waals surface area contributed by atoms with Gasteiger partial charge in [-0.1, -0.05) is 24.3 Å². The Morgan fingerprint density at radius 1 is 1.05 bits per heavy atom. The summed E-state index contributed by atoms with van der Waals surface area (Å²) in [5.41, 5.74) is 9.12. The summed E-state index contributed by atoms with van der Waals surface area (Å²) in [5, 5.41) is 3.23. The molecule has 114 valence electrons. The second kappa shape index (κ2) is 6.76. The maximum atomic E-state index is 12.0. The molecule has 0 saturated heterocycles. The summed E-state index contributed by atoms with van der Waals surface area (Å²) in [4.78, 5) is 22.8. The normalized spacial score (nSPS) is 10.1. The van der Waals surface area contributed by atoms with Crippen LogP contribution in [0.25, 0.3) is 0 Å². The molecule has 0 unspecified atom stereocenters. The third kappa shape index (κ3) is 3.63. The lowest BCUT2D eigenvalue weighted by Gasteiger charge is -2.14. The summed E-state index contributed by atoms with van der Waals surface area (Å²) >= 11 is 0. The molecule has 0 saturated carbocycles. The van der Waals surface area contributed by atoms with Crippen molar-refractivity contribution in [2.45, 2.75) is 13.8 Å². The number of rotatable bonds is 5. The molecule has 2 rings (SSSR count). The van der Waals surface area contributed by atoms with Crippen molar-refractivity contribution in [3.05, 3.63) is 59.2 Å². The lowest BCUT2D eigenvalue weighted by Crippen LogP contribution is -2.21. The van der Waals surface area contributed by atoms with Crippen LogP contribution in [0.2, 0.25) is 0 Å². The summed E-state index contributed by atoms with van der Waals surface area (Å²) in [6.07, 6.45) is 0. The fourth-order valence-corrected chi connectivity index (χ4v) is 2.02. The minimum Gasteiger partial charge on any atom is -0.452 e. The van der Waals surface area contributed by atoms with E-state index in [1.54, 1.807) is 18.2 Å². The summed E-state index contributed by atoms with van der Waals surface area (Å²) in [6.45, 7) is 3.59. The fourth-order valence-electron chi connectivity index (χ4n) is 2.02. The molecular formula is C17H18N2O3. The van der Waals surface area contributed by atoms with Crippen molar-refractivity contribution in [3.63, 3.8) is 0 Å². The van der Waals surface area contributed by atoms with E-state index in [1.807, 2.05) is 38.1 Å². The van der Waals surface area contributed by atoms with E-state index in [0.717, 1.165) is 16.8 Å². The van der Waals surface area contributed by atoms with Gasteiger partial charge in [-0.05, 0) is 43.2 Å². The molecule has 0 aliphatic rings. The third-order valence-corrected chi connectivity index (χ3v) is 3.37. The van der Waals surface area contributed by atoms with Crippen molar-refractivity contribution in [3.8, 4) is 0 Å². The molecule has 0 radical (unpaired) electrons.